The van der Waals surface area contributed by atoms with Crippen molar-refractivity contribution in [2.75, 3.05) is 6.61 Å². The summed E-state index contributed by atoms with van der Waals surface area (Å²) in [6.07, 6.45) is -18.7. The average molecular weight is 580 g/mol. The van der Waals surface area contributed by atoms with E-state index >= 15 is 0 Å². The second kappa shape index (κ2) is 11.0. The Bertz CT molecular complexity index is 826. The molecule has 0 aromatic carbocycles. The van der Waals surface area contributed by atoms with Crippen LogP contribution in [0, 0.1) is 16.7 Å². The first kappa shape index (κ1) is 34.2. The Balaban J connectivity index is 3.38. The summed E-state index contributed by atoms with van der Waals surface area (Å²) in [5, 5.41) is 0. The van der Waals surface area contributed by atoms with Gasteiger partial charge in [-0.2, -0.15) is 43.9 Å². The molecule has 224 valence electrons. The van der Waals surface area contributed by atoms with Crippen LogP contribution in [0.15, 0.2) is 0 Å². The van der Waals surface area contributed by atoms with Gasteiger partial charge in [-0.05, 0) is 31.6 Å². The minimum atomic E-state index is -7.64. The summed E-state index contributed by atoms with van der Waals surface area (Å²) < 4.78 is 158. The van der Waals surface area contributed by atoms with E-state index in [1.165, 1.54) is 6.92 Å². The van der Waals surface area contributed by atoms with Crippen molar-refractivity contribution >= 4 is 11.9 Å². The number of ether oxygens (including phenoxy) is 2. The smallest absolute Gasteiger partial charge is 0.438 e. The summed E-state index contributed by atoms with van der Waals surface area (Å²) in [6, 6.07) is 0. The highest BCUT2D eigenvalue weighted by Gasteiger charge is 2.90. The van der Waals surface area contributed by atoms with Gasteiger partial charge in [0.15, 0.2) is 0 Å². The fourth-order valence-corrected chi connectivity index (χ4v) is 4.05. The van der Waals surface area contributed by atoms with Gasteiger partial charge in [0.05, 0.1) is 17.8 Å². The van der Waals surface area contributed by atoms with Crippen molar-refractivity contribution < 1.29 is 67.4 Å². The van der Waals surface area contributed by atoms with Crippen molar-refractivity contribution in [3.8, 4) is 0 Å². The van der Waals surface area contributed by atoms with Gasteiger partial charge in [-0.1, -0.05) is 40.5 Å². The van der Waals surface area contributed by atoms with Gasteiger partial charge in [-0.15, -0.1) is 0 Å². The van der Waals surface area contributed by atoms with E-state index in [0.717, 1.165) is 0 Å². The molecule has 0 aromatic heterocycles. The SMILES string of the molecule is CCC(C)(C(=O)OCC(CC(F)(F)C(F)(F)C(F)(C(F)(F)F)C(F)(F)F)OC(=O)C1CCCC1)C(C)(C)C. The fourth-order valence-electron chi connectivity index (χ4n) is 4.05. The monoisotopic (exact) mass is 580 g/mol. The standard InChI is InChI=1S/C23H31F11O4/c1-6-18(5,17(2,3)4)16(36)37-12-14(38-15(35)13-9-7-8-10-13)11-19(24,25)21(27,28)20(26,22(29,30)31)23(32,33)34/h13-14H,6-12H2,1-5H3. The highest BCUT2D eigenvalue weighted by Crippen LogP contribution is 2.60. The van der Waals surface area contributed by atoms with Crippen molar-refractivity contribution in [1.82, 2.24) is 0 Å². The molecule has 0 heterocycles. The molecular formula is C23H31F11O4. The zero-order chi connectivity index (χ0) is 30.2. The van der Waals surface area contributed by atoms with Crippen LogP contribution >= 0.6 is 0 Å². The molecule has 1 fully saturated rings. The van der Waals surface area contributed by atoms with E-state index in [2.05, 4.69) is 0 Å². The predicted octanol–water partition coefficient (Wildman–Crippen LogP) is 7.59. The normalized spacial score (nSPS) is 19.2. The van der Waals surface area contributed by atoms with E-state index in [0.29, 0.717) is 12.8 Å². The number of rotatable bonds is 10. The van der Waals surface area contributed by atoms with Gasteiger partial charge < -0.3 is 9.47 Å². The molecule has 2 atom stereocenters. The summed E-state index contributed by atoms with van der Waals surface area (Å²) in [7, 11) is 0. The maximum Gasteiger partial charge on any atom is 0.438 e. The Morgan fingerprint density at radius 3 is 1.63 bits per heavy atom. The Labute approximate surface area is 212 Å². The quantitative estimate of drug-likeness (QED) is 0.197. The van der Waals surface area contributed by atoms with Gasteiger partial charge in [0.25, 0.3) is 0 Å². The molecule has 0 N–H and O–H groups in total. The number of carbonyl (C=O) groups is 2. The molecule has 0 aliphatic heterocycles. The lowest BCUT2D eigenvalue weighted by Gasteiger charge is -2.41. The van der Waals surface area contributed by atoms with Crippen molar-refractivity contribution in [1.29, 1.82) is 0 Å². The van der Waals surface area contributed by atoms with Crippen LogP contribution in [0.4, 0.5) is 48.3 Å². The summed E-state index contributed by atoms with van der Waals surface area (Å²) in [6.45, 7) is 6.42. The molecule has 0 saturated heterocycles. The topological polar surface area (TPSA) is 52.6 Å². The van der Waals surface area contributed by atoms with E-state index < -0.39 is 77.7 Å². The third kappa shape index (κ3) is 6.31. The van der Waals surface area contributed by atoms with Crippen molar-refractivity contribution in [3.63, 3.8) is 0 Å². The van der Waals surface area contributed by atoms with E-state index in [4.69, 9.17) is 9.47 Å². The molecule has 0 aromatic rings. The molecular weight excluding hydrogens is 549 g/mol. The maximum absolute atomic E-state index is 14.5. The number of esters is 2. The maximum atomic E-state index is 14.5. The first-order valence-corrected chi connectivity index (χ1v) is 11.8. The lowest BCUT2D eigenvalue weighted by atomic mass is 9.66. The molecule has 0 spiro atoms. The van der Waals surface area contributed by atoms with Gasteiger partial charge in [-0.25, -0.2) is 4.39 Å². The summed E-state index contributed by atoms with van der Waals surface area (Å²) in [4.78, 5) is 25.1. The van der Waals surface area contributed by atoms with Gasteiger partial charge in [0, 0.05) is 0 Å². The molecule has 2 unspecified atom stereocenters. The van der Waals surface area contributed by atoms with Crippen LogP contribution in [0.1, 0.15) is 73.1 Å². The molecule has 15 heteroatoms. The minimum Gasteiger partial charge on any atom is -0.461 e. The first-order chi connectivity index (χ1) is 16.8. The Morgan fingerprint density at radius 1 is 0.816 bits per heavy atom. The highest BCUT2D eigenvalue weighted by molar-refractivity contribution is 5.77. The van der Waals surface area contributed by atoms with E-state index in [1.54, 1.807) is 27.7 Å². The van der Waals surface area contributed by atoms with Crippen LogP contribution in [0.5, 0.6) is 0 Å². The summed E-state index contributed by atoms with van der Waals surface area (Å²) in [5.74, 6) is -17.0. The third-order valence-corrected chi connectivity index (χ3v) is 7.34. The van der Waals surface area contributed by atoms with Crippen LogP contribution in [0.3, 0.4) is 0 Å². The highest BCUT2D eigenvalue weighted by atomic mass is 19.4. The molecule has 0 radical (unpaired) electrons. The molecule has 0 amide bonds. The van der Waals surface area contributed by atoms with Crippen LogP contribution in [0.25, 0.3) is 0 Å². The van der Waals surface area contributed by atoms with Crippen molar-refractivity contribution in [2.24, 2.45) is 16.7 Å². The van der Waals surface area contributed by atoms with Crippen LogP contribution < -0.4 is 0 Å². The molecule has 1 aliphatic rings. The number of hydrogen-bond donors (Lipinski definition) is 0. The largest absolute Gasteiger partial charge is 0.461 e. The summed E-state index contributed by atoms with van der Waals surface area (Å²) in [5.41, 5.74) is -9.75. The second-order valence-corrected chi connectivity index (χ2v) is 10.7. The second-order valence-electron chi connectivity index (χ2n) is 10.7. The molecule has 1 saturated carbocycles. The number of carbonyl (C=O) groups excluding carboxylic acids is 2. The third-order valence-electron chi connectivity index (χ3n) is 7.34. The predicted molar refractivity (Wildman–Crippen MR) is 111 cm³/mol. The minimum absolute atomic E-state index is 0.123. The number of hydrogen-bond acceptors (Lipinski definition) is 4. The van der Waals surface area contributed by atoms with Crippen LogP contribution in [-0.2, 0) is 19.1 Å². The van der Waals surface area contributed by atoms with E-state index in [9.17, 15) is 57.9 Å². The van der Waals surface area contributed by atoms with Gasteiger partial charge in [0.1, 0.15) is 12.7 Å². The molecule has 4 nitrogen and oxygen atoms in total. The van der Waals surface area contributed by atoms with Crippen LogP contribution in [0.2, 0.25) is 0 Å². The van der Waals surface area contributed by atoms with E-state index in [-0.39, 0.29) is 19.3 Å². The number of alkyl halides is 11. The lowest BCUT2D eigenvalue weighted by Crippen LogP contribution is -2.70. The van der Waals surface area contributed by atoms with E-state index in [1.807, 2.05) is 0 Å². The molecule has 38 heavy (non-hydrogen) atoms. The van der Waals surface area contributed by atoms with Crippen LogP contribution in [-0.4, -0.2) is 54.5 Å². The zero-order valence-electron chi connectivity index (χ0n) is 21.4. The summed E-state index contributed by atoms with van der Waals surface area (Å²) >= 11 is 0. The first-order valence-electron chi connectivity index (χ1n) is 11.8. The number of halogens is 11. The zero-order valence-corrected chi connectivity index (χ0v) is 21.4. The lowest BCUT2D eigenvalue weighted by molar-refractivity contribution is -0.428. The Morgan fingerprint density at radius 2 is 1.26 bits per heavy atom. The van der Waals surface area contributed by atoms with Gasteiger partial charge in [-0.3, -0.25) is 9.59 Å². The van der Waals surface area contributed by atoms with Gasteiger partial charge in [0.2, 0.25) is 0 Å². The molecule has 1 rings (SSSR count). The molecule has 0 bridgehead atoms. The van der Waals surface area contributed by atoms with Gasteiger partial charge >= 0.3 is 41.8 Å². The molecule has 1 aliphatic carbocycles. The Hall–Kier alpha value is -1.83. The van der Waals surface area contributed by atoms with Crippen molar-refractivity contribution in [3.05, 3.63) is 0 Å². The van der Waals surface area contributed by atoms with Crippen molar-refractivity contribution in [2.45, 2.75) is 109 Å². The Kier molecular flexibility index (Phi) is 9.88. The average Bonchev–Trinajstić information content (AvgIpc) is 3.28. The fraction of sp³-hybridized carbons (Fsp3) is 0.913.